The van der Waals surface area contributed by atoms with Crippen LogP contribution in [0.15, 0.2) is 54.6 Å². The lowest BCUT2D eigenvalue weighted by molar-refractivity contribution is 0.0985. The molecule has 0 spiro atoms. The number of rotatable bonds is 6. The zero-order valence-corrected chi connectivity index (χ0v) is 20.8. The van der Waals surface area contributed by atoms with E-state index in [0.717, 1.165) is 11.1 Å². The monoisotopic (exact) mass is 495 g/mol. The number of nitrogens with one attached hydrogen (secondary N) is 2. The van der Waals surface area contributed by atoms with Crippen LogP contribution < -0.4 is 15.5 Å². The van der Waals surface area contributed by atoms with Gasteiger partial charge in [-0.15, -0.1) is 0 Å². The molecule has 184 valence electrons. The van der Waals surface area contributed by atoms with Crippen molar-refractivity contribution in [2.75, 3.05) is 41.5 Å². The number of urea groups is 1. The fourth-order valence-corrected chi connectivity index (χ4v) is 4.60. The smallest absolute Gasteiger partial charge is 0.323 e. The van der Waals surface area contributed by atoms with Crippen molar-refractivity contribution >= 4 is 33.1 Å². The first-order chi connectivity index (χ1) is 16.7. The van der Waals surface area contributed by atoms with Gasteiger partial charge >= 0.3 is 6.03 Å². The van der Waals surface area contributed by atoms with E-state index < -0.39 is 9.84 Å². The van der Waals surface area contributed by atoms with E-state index in [2.05, 4.69) is 20.5 Å². The third-order valence-corrected chi connectivity index (χ3v) is 6.42. The van der Waals surface area contributed by atoms with E-state index in [1.807, 2.05) is 56.3 Å². The van der Waals surface area contributed by atoms with Gasteiger partial charge in [-0.1, -0.05) is 18.2 Å². The quantitative estimate of drug-likeness (QED) is 0.534. The average molecular weight is 496 g/mol. The van der Waals surface area contributed by atoms with Gasteiger partial charge in [0.2, 0.25) is 0 Å². The summed E-state index contributed by atoms with van der Waals surface area (Å²) in [6.07, 6.45) is 1.19. The van der Waals surface area contributed by atoms with Gasteiger partial charge in [-0.3, -0.25) is 0 Å². The first-order valence-corrected chi connectivity index (χ1v) is 13.4. The highest BCUT2D eigenvalue weighted by molar-refractivity contribution is 7.89. The third kappa shape index (κ3) is 6.55. The van der Waals surface area contributed by atoms with Crippen molar-refractivity contribution in [1.82, 2.24) is 9.97 Å². The predicted octanol–water partition coefficient (Wildman–Crippen LogP) is 3.87. The highest BCUT2D eigenvalue weighted by Gasteiger charge is 2.22. The molecule has 0 radical (unpaired) electrons. The van der Waals surface area contributed by atoms with Gasteiger partial charge in [-0.25, -0.2) is 23.2 Å². The number of nitrogens with zero attached hydrogens (tertiary/aromatic N) is 3. The molecule has 35 heavy (non-hydrogen) atoms. The summed E-state index contributed by atoms with van der Waals surface area (Å²) in [6, 6.07) is 16.2. The average Bonchev–Trinajstić information content (AvgIpc) is 2.80. The van der Waals surface area contributed by atoms with Crippen molar-refractivity contribution in [3.63, 3.8) is 0 Å². The largest absolute Gasteiger partial charge is 0.377 e. The number of carbonyl (C=O) groups is 1. The Bertz CT molecular complexity index is 1310. The molecule has 1 aromatic heterocycles. The van der Waals surface area contributed by atoms with Gasteiger partial charge in [0.15, 0.2) is 15.7 Å². The van der Waals surface area contributed by atoms with Crippen molar-refractivity contribution in [2.24, 2.45) is 0 Å². The Morgan fingerprint density at radius 2 is 1.89 bits per heavy atom. The number of sulfone groups is 1. The van der Waals surface area contributed by atoms with Gasteiger partial charge in [-0.05, 0) is 49.7 Å². The lowest BCUT2D eigenvalue weighted by atomic mass is 10.1. The fraction of sp³-hybridized carbons (Fsp3) is 0.320. The fourth-order valence-electron chi connectivity index (χ4n) is 3.92. The molecular formula is C25H29N5O4S. The van der Waals surface area contributed by atoms with Gasteiger partial charge < -0.3 is 20.3 Å². The molecule has 1 saturated heterocycles. The molecule has 2 N–H and O–H groups in total. The molecule has 3 aromatic rings. The lowest BCUT2D eigenvalue weighted by Gasteiger charge is -2.34. The zero-order valence-electron chi connectivity index (χ0n) is 20.0. The summed E-state index contributed by atoms with van der Waals surface area (Å²) in [6.45, 7) is 5.74. The van der Waals surface area contributed by atoms with E-state index >= 15 is 0 Å². The van der Waals surface area contributed by atoms with Crippen LogP contribution in [-0.4, -0.2) is 56.5 Å². The van der Waals surface area contributed by atoms with Crippen molar-refractivity contribution in [3.8, 4) is 11.4 Å². The van der Waals surface area contributed by atoms with E-state index in [-0.39, 0.29) is 17.8 Å². The Hall–Kier alpha value is -3.50. The Balaban J connectivity index is 1.61. The molecular weight excluding hydrogens is 466 g/mol. The molecule has 1 aliphatic heterocycles. The number of carbonyl (C=O) groups excluding carboxylic acids is 1. The molecule has 4 rings (SSSR count). The summed E-state index contributed by atoms with van der Waals surface area (Å²) in [5, 5.41) is 5.65. The number of aromatic nitrogens is 2. The molecule has 2 heterocycles. The van der Waals surface area contributed by atoms with Crippen LogP contribution in [0, 0.1) is 6.92 Å². The summed E-state index contributed by atoms with van der Waals surface area (Å²) in [4.78, 5) is 23.8. The normalized spacial score (nSPS) is 16.1. The van der Waals surface area contributed by atoms with Crippen molar-refractivity contribution in [2.45, 2.75) is 25.6 Å². The topological polar surface area (TPSA) is 114 Å². The Morgan fingerprint density at radius 3 is 2.57 bits per heavy atom. The molecule has 1 aliphatic rings. The maximum Gasteiger partial charge on any atom is 0.323 e. The van der Waals surface area contributed by atoms with Crippen LogP contribution in [0.5, 0.6) is 0 Å². The van der Waals surface area contributed by atoms with Gasteiger partial charge in [0.1, 0.15) is 5.82 Å². The molecule has 0 aliphatic carbocycles. The minimum Gasteiger partial charge on any atom is -0.377 e. The van der Waals surface area contributed by atoms with Crippen molar-refractivity contribution < 1.29 is 17.9 Å². The van der Waals surface area contributed by atoms with E-state index in [1.165, 1.54) is 6.26 Å². The van der Waals surface area contributed by atoms with E-state index in [1.54, 1.807) is 12.1 Å². The predicted molar refractivity (Wildman–Crippen MR) is 137 cm³/mol. The first kappa shape index (κ1) is 24.6. The van der Waals surface area contributed by atoms with Gasteiger partial charge in [0.25, 0.3) is 0 Å². The maximum atomic E-state index is 12.4. The van der Waals surface area contributed by atoms with Crippen molar-refractivity contribution in [3.05, 3.63) is 65.9 Å². The molecule has 2 aromatic carbocycles. The minimum absolute atomic E-state index is 0.106. The molecule has 9 nitrogen and oxygen atoms in total. The van der Waals surface area contributed by atoms with Crippen LogP contribution >= 0.6 is 0 Å². The standard InChI is InChI=1S/C25H29N5O4S/c1-17-13-19(9-10-22(17)28-25(31)27-20-7-5-4-6-8-20)24-26-21(16-35(3,32)33)14-23(29-24)30-11-12-34-15-18(30)2/h4-10,13-14,18H,11-12,15-16H2,1-3H3,(H2,27,28,31)/t18-/m0/s1. The summed E-state index contributed by atoms with van der Waals surface area (Å²) in [5.74, 6) is 0.932. The highest BCUT2D eigenvalue weighted by Crippen LogP contribution is 2.27. The van der Waals surface area contributed by atoms with E-state index in [9.17, 15) is 13.2 Å². The van der Waals surface area contributed by atoms with Crippen LogP contribution in [-0.2, 0) is 20.3 Å². The second-order valence-corrected chi connectivity index (χ2v) is 10.8. The lowest BCUT2D eigenvalue weighted by Crippen LogP contribution is -2.44. The molecule has 0 bridgehead atoms. The molecule has 1 atom stereocenters. The number of hydrogen-bond acceptors (Lipinski definition) is 7. The number of para-hydroxylation sites is 1. The summed E-state index contributed by atoms with van der Waals surface area (Å²) < 4.78 is 29.5. The minimum atomic E-state index is -3.28. The van der Waals surface area contributed by atoms with Gasteiger partial charge in [0.05, 0.1) is 30.7 Å². The Morgan fingerprint density at radius 1 is 1.11 bits per heavy atom. The third-order valence-electron chi connectivity index (χ3n) is 5.60. The van der Waals surface area contributed by atoms with E-state index in [4.69, 9.17) is 9.72 Å². The Kier molecular flexibility index (Phi) is 7.32. The van der Waals surface area contributed by atoms with Gasteiger partial charge in [-0.2, -0.15) is 0 Å². The van der Waals surface area contributed by atoms with Crippen LogP contribution in [0.4, 0.5) is 22.0 Å². The molecule has 10 heteroatoms. The first-order valence-electron chi connectivity index (χ1n) is 11.3. The van der Waals surface area contributed by atoms with Gasteiger partial charge in [0, 0.05) is 35.8 Å². The summed E-state index contributed by atoms with van der Waals surface area (Å²) in [7, 11) is -3.28. The Labute approximate surface area is 205 Å². The maximum absolute atomic E-state index is 12.4. The second-order valence-electron chi connectivity index (χ2n) is 8.70. The number of anilines is 3. The number of amides is 2. The van der Waals surface area contributed by atoms with Crippen LogP contribution in [0.1, 0.15) is 18.2 Å². The van der Waals surface area contributed by atoms with Crippen molar-refractivity contribution in [1.29, 1.82) is 0 Å². The molecule has 0 saturated carbocycles. The zero-order chi connectivity index (χ0) is 25.0. The number of ether oxygens (including phenoxy) is 1. The molecule has 0 unspecified atom stereocenters. The number of hydrogen-bond donors (Lipinski definition) is 2. The SMILES string of the molecule is Cc1cc(-c2nc(CS(C)(=O)=O)cc(N3CCOC[C@@H]3C)n2)ccc1NC(=O)Nc1ccccc1. The van der Waals surface area contributed by atoms with Crippen LogP contribution in [0.3, 0.4) is 0 Å². The molecule has 2 amide bonds. The number of benzene rings is 2. The van der Waals surface area contributed by atoms with Crippen LogP contribution in [0.25, 0.3) is 11.4 Å². The highest BCUT2D eigenvalue weighted by atomic mass is 32.2. The van der Waals surface area contributed by atoms with Crippen LogP contribution in [0.2, 0.25) is 0 Å². The summed E-state index contributed by atoms with van der Waals surface area (Å²) in [5.41, 5.74) is 3.34. The summed E-state index contributed by atoms with van der Waals surface area (Å²) >= 11 is 0. The van der Waals surface area contributed by atoms with E-state index in [0.29, 0.717) is 48.5 Å². The number of morpholine rings is 1. The number of aryl methyl sites for hydroxylation is 1. The second kappa shape index (κ2) is 10.4. The molecule has 1 fully saturated rings.